The maximum absolute atomic E-state index is 11.4. The molecule has 14 heavy (non-hydrogen) atoms. The zero-order valence-corrected chi connectivity index (χ0v) is 8.41. The van der Waals surface area contributed by atoms with Crippen molar-refractivity contribution in [2.24, 2.45) is 0 Å². The summed E-state index contributed by atoms with van der Waals surface area (Å²) >= 11 is 0. The Balaban J connectivity index is 2.35. The van der Waals surface area contributed by atoms with Crippen LogP contribution < -0.4 is 5.32 Å². The SMILES string of the molecule is C/C=C/CCNC(=O)c1cc(C)no1. The number of carbonyl (C=O) groups excluding carboxylic acids is 1. The van der Waals surface area contributed by atoms with Crippen LogP contribution in [-0.2, 0) is 0 Å². The molecule has 0 spiro atoms. The monoisotopic (exact) mass is 194 g/mol. The van der Waals surface area contributed by atoms with Crippen molar-refractivity contribution in [2.45, 2.75) is 20.3 Å². The summed E-state index contributed by atoms with van der Waals surface area (Å²) in [7, 11) is 0. The Morgan fingerprint density at radius 1 is 1.71 bits per heavy atom. The fraction of sp³-hybridized carbons (Fsp3) is 0.400. The molecule has 0 aliphatic rings. The van der Waals surface area contributed by atoms with Gasteiger partial charge in [-0.25, -0.2) is 0 Å². The first kappa shape index (κ1) is 10.5. The van der Waals surface area contributed by atoms with Crippen molar-refractivity contribution in [2.75, 3.05) is 6.54 Å². The van der Waals surface area contributed by atoms with E-state index in [4.69, 9.17) is 4.52 Å². The molecule has 4 nitrogen and oxygen atoms in total. The second-order valence-electron chi connectivity index (χ2n) is 2.95. The lowest BCUT2D eigenvalue weighted by Gasteiger charge is -1.98. The molecule has 1 N–H and O–H groups in total. The molecule has 0 atom stereocenters. The zero-order valence-electron chi connectivity index (χ0n) is 8.41. The van der Waals surface area contributed by atoms with Gasteiger partial charge >= 0.3 is 0 Å². The third-order valence-corrected chi connectivity index (χ3v) is 1.68. The normalized spacial score (nSPS) is 10.7. The summed E-state index contributed by atoms with van der Waals surface area (Å²) in [5.74, 6) is 0.0538. The van der Waals surface area contributed by atoms with E-state index < -0.39 is 0 Å². The molecule has 0 saturated carbocycles. The maximum atomic E-state index is 11.4. The number of amides is 1. The summed E-state index contributed by atoms with van der Waals surface area (Å²) in [5, 5.41) is 6.36. The largest absolute Gasteiger partial charge is 0.351 e. The minimum atomic E-state index is -0.213. The molecule has 0 radical (unpaired) electrons. The lowest BCUT2D eigenvalue weighted by atomic mass is 10.3. The van der Waals surface area contributed by atoms with Gasteiger partial charge in [-0.15, -0.1) is 0 Å². The third kappa shape index (κ3) is 3.05. The number of rotatable bonds is 4. The van der Waals surface area contributed by atoms with Gasteiger partial charge in [-0.2, -0.15) is 0 Å². The maximum Gasteiger partial charge on any atom is 0.289 e. The van der Waals surface area contributed by atoms with Crippen molar-refractivity contribution in [3.05, 3.63) is 29.7 Å². The van der Waals surface area contributed by atoms with E-state index in [9.17, 15) is 4.79 Å². The van der Waals surface area contributed by atoms with Crippen LogP contribution in [-0.4, -0.2) is 17.6 Å². The van der Waals surface area contributed by atoms with Crippen molar-refractivity contribution in [3.63, 3.8) is 0 Å². The predicted molar refractivity (Wildman–Crippen MR) is 53.0 cm³/mol. The third-order valence-electron chi connectivity index (χ3n) is 1.68. The highest BCUT2D eigenvalue weighted by atomic mass is 16.5. The Morgan fingerprint density at radius 2 is 2.50 bits per heavy atom. The highest BCUT2D eigenvalue weighted by Gasteiger charge is 2.09. The molecule has 76 valence electrons. The molecule has 1 rings (SSSR count). The first-order chi connectivity index (χ1) is 6.74. The number of aryl methyl sites for hydroxylation is 1. The number of hydrogen-bond acceptors (Lipinski definition) is 3. The van der Waals surface area contributed by atoms with Crippen LogP contribution in [0.5, 0.6) is 0 Å². The van der Waals surface area contributed by atoms with E-state index in [1.807, 2.05) is 19.1 Å². The molecular formula is C10H14N2O2. The van der Waals surface area contributed by atoms with E-state index in [2.05, 4.69) is 10.5 Å². The Morgan fingerprint density at radius 3 is 3.07 bits per heavy atom. The molecule has 0 bridgehead atoms. The lowest BCUT2D eigenvalue weighted by molar-refractivity contribution is 0.0917. The van der Waals surface area contributed by atoms with Crippen molar-refractivity contribution in [3.8, 4) is 0 Å². The summed E-state index contributed by atoms with van der Waals surface area (Å²) in [6.45, 7) is 4.34. The Bertz CT molecular complexity index is 329. The number of carbonyl (C=O) groups is 1. The molecular weight excluding hydrogens is 180 g/mol. The molecule has 1 amide bonds. The number of nitrogens with zero attached hydrogens (tertiary/aromatic N) is 1. The first-order valence-corrected chi connectivity index (χ1v) is 4.56. The smallest absolute Gasteiger partial charge is 0.289 e. The average Bonchev–Trinajstić information content (AvgIpc) is 2.59. The van der Waals surface area contributed by atoms with Gasteiger partial charge in [0.15, 0.2) is 0 Å². The minimum Gasteiger partial charge on any atom is -0.351 e. The molecule has 0 unspecified atom stereocenters. The van der Waals surface area contributed by atoms with Crippen molar-refractivity contribution in [1.82, 2.24) is 10.5 Å². The van der Waals surface area contributed by atoms with Gasteiger partial charge in [0.05, 0.1) is 5.69 Å². The van der Waals surface area contributed by atoms with Crippen LogP contribution in [0.2, 0.25) is 0 Å². The summed E-state index contributed by atoms with van der Waals surface area (Å²) < 4.78 is 4.80. The van der Waals surface area contributed by atoms with Gasteiger partial charge in [-0.3, -0.25) is 4.79 Å². The zero-order chi connectivity index (χ0) is 10.4. The summed E-state index contributed by atoms with van der Waals surface area (Å²) in [4.78, 5) is 11.4. The number of aromatic nitrogens is 1. The van der Waals surface area contributed by atoms with Crippen LogP contribution in [0.25, 0.3) is 0 Å². The second-order valence-corrected chi connectivity index (χ2v) is 2.95. The fourth-order valence-electron chi connectivity index (χ4n) is 0.993. The molecule has 0 fully saturated rings. The molecule has 0 aliphatic carbocycles. The van der Waals surface area contributed by atoms with Crippen molar-refractivity contribution >= 4 is 5.91 Å². The highest BCUT2D eigenvalue weighted by Crippen LogP contribution is 2.01. The van der Waals surface area contributed by atoms with E-state index >= 15 is 0 Å². The average molecular weight is 194 g/mol. The van der Waals surface area contributed by atoms with Gasteiger partial charge in [-0.1, -0.05) is 17.3 Å². The topological polar surface area (TPSA) is 55.1 Å². The highest BCUT2D eigenvalue weighted by molar-refractivity contribution is 5.91. The predicted octanol–water partition coefficient (Wildman–Crippen LogP) is 1.68. The van der Waals surface area contributed by atoms with Gasteiger partial charge in [0.2, 0.25) is 5.76 Å². The standard InChI is InChI=1S/C10H14N2O2/c1-3-4-5-6-11-10(13)9-7-8(2)12-14-9/h3-4,7H,5-6H2,1-2H3,(H,11,13)/b4-3+. The second kappa shape index (κ2) is 5.21. The van der Waals surface area contributed by atoms with Gasteiger partial charge in [0, 0.05) is 12.6 Å². The van der Waals surface area contributed by atoms with Gasteiger partial charge < -0.3 is 9.84 Å². The van der Waals surface area contributed by atoms with Crippen molar-refractivity contribution < 1.29 is 9.32 Å². The Kier molecular flexibility index (Phi) is 3.91. The molecule has 4 heteroatoms. The van der Waals surface area contributed by atoms with E-state index in [1.165, 1.54) is 0 Å². The number of hydrogen-bond donors (Lipinski definition) is 1. The van der Waals surface area contributed by atoms with Crippen molar-refractivity contribution in [1.29, 1.82) is 0 Å². The van der Waals surface area contributed by atoms with E-state index in [0.29, 0.717) is 12.2 Å². The summed E-state index contributed by atoms with van der Waals surface area (Å²) in [6.07, 6.45) is 4.77. The Hall–Kier alpha value is -1.58. The van der Waals surface area contributed by atoms with Crippen LogP contribution in [0, 0.1) is 6.92 Å². The molecule has 1 aromatic heterocycles. The minimum absolute atomic E-state index is 0.213. The van der Waals surface area contributed by atoms with Crippen LogP contribution in [0.15, 0.2) is 22.7 Å². The van der Waals surface area contributed by atoms with Crippen LogP contribution >= 0.6 is 0 Å². The number of nitrogens with one attached hydrogen (secondary N) is 1. The van der Waals surface area contributed by atoms with Gasteiger partial charge in [-0.05, 0) is 20.3 Å². The van der Waals surface area contributed by atoms with E-state index in [1.54, 1.807) is 13.0 Å². The molecule has 0 aromatic carbocycles. The van der Waals surface area contributed by atoms with Gasteiger partial charge in [0.25, 0.3) is 5.91 Å². The lowest BCUT2D eigenvalue weighted by Crippen LogP contribution is -2.23. The molecule has 1 aromatic rings. The fourth-order valence-corrected chi connectivity index (χ4v) is 0.993. The van der Waals surface area contributed by atoms with Crippen LogP contribution in [0.3, 0.4) is 0 Å². The number of allylic oxidation sites excluding steroid dienone is 1. The summed E-state index contributed by atoms with van der Waals surface area (Å²) in [5.41, 5.74) is 0.712. The van der Waals surface area contributed by atoms with Crippen LogP contribution in [0.1, 0.15) is 29.6 Å². The molecule has 0 saturated heterocycles. The van der Waals surface area contributed by atoms with Gasteiger partial charge in [0.1, 0.15) is 0 Å². The molecule has 0 aliphatic heterocycles. The quantitative estimate of drug-likeness (QED) is 0.586. The molecule has 1 heterocycles. The van der Waals surface area contributed by atoms with Crippen LogP contribution in [0.4, 0.5) is 0 Å². The Labute approximate surface area is 83.0 Å². The van der Waals surface area contributed by atoms with E-state index in [0.717, 1.165) is 6.42 Å². The first-order valence-electron chi connectivity index (χ1n) is 4.56. The summed E-state index contributed by atoms with van der Waals surface area (Å²) in [6, 6.07) is 1.62. The van der Waals surface area contributed by atoms with E-state index in [-0.39, 0.29) is 11.7 Å².